The van der Waals surface area contributed by atoms with Gasteiger partial charge in [-0.1, -0.05) is 6.07 Å². The summed E-state index contributed by atoms with van der Waals surface area (Å²) in [6, 6.07) is 6.14. The Morgan fingerprint density at radius 1 is 1.47 bits per heavy atom. The molecule has 1 amide bonds. The number of benzene rings is 1. The summed E-state index contributed by atoms with van der Waals surface area (Å²) in [6.45, 7) is 1.61. The minimum absolute atomic E-state index is 0.00311. The number of hydrogen-bond donors (Lipinski definition) is 1. The average molecular weight is 232 g/mol. The van der Waals surface area contributed by atoms with Crippen molar-refractivity contribution in [3.05, 3.63) is 23.8 Å². The molecule has 2 aliphatic rings. The van der Waals surface area contributed by atoms with Gasteiger partial charge in [-0.3, -0.25) is 4.79 Å². The number of nitrogens with zero attached hydrogens (tertiary/aromatic N) is 1. The van der Waals surface area contributed by atoms with E-state index < -0.39 is 0 Å². The molecule has 4 heteroatoms. The second-order valence-electron chi connectivity index (χ2n) is 4.53. The maximum atomic E-state index is 11.8. The number of nitrogens with one attached hydrogen (secondary N) is 1. The number of amides is 1. The third-order valence-corrected chi connectivity index (χ3v) is 3.62. The first-order valence-electron chi connectivity index (χ1n) is 6.01. The SMILES string of the molecule is COc1ccc2c(c1)N1CCNC(=O)C1CC2. The smallest absolute Gasteiger partial charge is 0.242 e. The molecule has 4 nitrogen and oxygen atoms in total. The van der Waals surface area contributed by atoms with E-state index in [9.17, 15) is 4.79 Å². The molecule has 0 spiro atoms. The minimum Gasteiger partial charge on any atom is -0.497 e. The Balaban J connectivity index is 2.01. The second-order valence-corrected chi connectivity index (χ2v) is 4.53. The monoisotopic (exact) mass is 232 g/mol. The molecule has 0 aromatic heterocycles. The quantitative estimate of drug-likeness (QED) is 0.783. The fourth-order valence-electron chi connectivity index (χ4n) is 2.73. The van der Waals surface area contributed by atoms with E-state index in [0.717, 1.165) is 37.4 Å². The molecule has 3 rings (SSSR count). The third-order valence-electron chi connectivity index (χ3n) is 3.62. The number of methoxy groups -OCH3 is 1. The van der Waals surface area contributed by atoms with E-state index >= 15 is 0 Å². The maximum Gasteiger partial charge on any atom is 0.242 e. The van der Waals surface area contributed by atoms with Crippen molar-refractivity contribution >= 4 is 11.6 Å². The summed E-state index contributed by atoms with van der Waals surface area (Å²) in [6.07, 6.45) is 1.87. The lowest BCUT2D eigenvalue weighted by Crippen LogP contribution is -2.57. The number of piperazine rings is 1. The van der Waals surface area contributed by atoms with Crippen molar-refractivity contribution in [2.75, 3.05) is 25.1 Å². The number of carbonyl (C=O) groups is 1. The maximum absolute atomic E-state index is 11.8. The van der Waals surface area contributed by atoms with Crippen LogP contribution >= 0.6 is 0 Å². The molecule has 2 heterocycles. The van der Waals surface area contributed by atoms with Gasteiger partial charge in [0.15, 0.2) is 0 Å². The molecule has 1 aromatic rings. The summed E-state index contributed by atoms with van der Waals surface area (Å²) in [4.78, 5) is 14.0. The average Bonchev–Trinajstić information content (AvgIpc) is 2.38. The molecule has 0 aliphatic carbocycles. The molecule has 0 radical (unpaired) electrons. The van der Waals surface area contributed by atoms with Crippen LogP contribution in [0.4, 0.5) is 5.69 Å². The zero-order valence-electron chi connectivity index (χ0n) is 9.90. The molecule has 1 N–H and O–H groups in total. The Morgan fingerprint density at radius 2 is 2.35 bits per heavy atom. The van der Waals surface area contributed by atoms with Crippen LogP contribution in [0.2, 0.25) is 0 Å². The molecular formula is C13H16N2O2. The van der Waals surface area contributed by atoms with Crippen LogP contribution < -0.4 is 15.0 Å². The van der Waals surface area contributed by atoms with Crippen molar-refractivity contribution in [3.63, 3.8) is 0 Å². The number of anilines is 1. The zero-order chi connectivity index (χ0) is 11.8. The van der Waals surface area contributed by atoms with Crippen LogP contribution in [-0.2, 0) is 11.2 Å². The molecule has 90 valence electrons. The van der Waals surface area contributed by atoms with Crippen LogP contribution in [0.1, 0.15) is 12.0 Å². The lowest BCUT2D eigenvalue weighted by molar-refractivity contribution is -0.123. The number of aryl methyl sites for hydroxylation is 1. The molecule has 1 fully saturated rings. The summed E-state index contributed by atoms with van der Waals surface area (Å²) in [5.41, 5.74) is 2.48. The highest BCUT2D eigenvalue weighted by Crippen LogP contribution is 2.34. The minimum atomic E-state index is 0.00311. The first-order valence-corrected chi connectivity index (χ1v) is 6.01. The molecule has 17 heavy (non-hydrogen) atoms. The van der Waals surface area contributed by atoms with Crippen LogP contribution in [0.3, 0.4) is 0 Å². The van der Waals surface area contributed by atoms with E-state index in [-0.39, 0.29) is 11.9 Å². The van der Waals surface area contributed by atoms with Crippen molar-refractivity contribution in [2.24, 2.45) is 0 Å². The zero-order valence-corrected chi connectivity index (χ0v) is 9.90. The van der Waals surface area contributed by atoms with E-state index in [4.69, 9.17) is 4.74 Å². The van der Waals surface area contributed by atoms with E-state index in [1.165, 1.54) is 5.56 Å². The standard InChI is InChI=1S/C13H16N2O2/c1-17-10-4-2-9-3-5-11-13(16)14-6-7-15(11)12(9)8-10/h2,4,8,11H,3,5-7H2,1H3,(H,14,16). The van der Waals surface area contributed by atoms with Crippen molar-refractivity contribution in [1.82, 2.24) is 5.32 Å². The first-order chi connectivity index (χ1) is 8.29. The fraction of sp³-hybridized carbons (Fsp3) is 0.462. The van der Waals surface area contributed by atoms with Gasteiger partial charge in [-0.05, 0) is 24.5 Å². The van der Waals surface area contributed by atoms with Crippen LogP contribution in [0.15, 0.2) is 18.2 Å². The number of ether oxygens (including phenoxy) is 1. The molecule has 1 aromatic carbocycles. The summed E-state index contributed by atoms with van der Waals surface area (Å²) in [5.74, 6) is 1.01. The van der Waals surface area contributed by atoms with Gasteiger partial charge in [0.05, 0.1) is 7.11 Å². The van der Waals surface area contributed by atoms with E-state index in [1.54, 1.807) is 7.11 Å². The predicted octanol–water partition coefficient (Wildman–Crippen LogP) is 0.946. The van der Waals surface area contributed by atoms with Gasteiger partial charge in [0.1, 0.15) is 11.8 Å². The first kappa shape index (κ1) is 10.4. The van der Waals surface area contributed by atoms with Gasteiger partial charge >= 0.3 is 0 Å². The third kappa shape index (κ3) is 1.64. The number of carbonyl (C=O) groups excluding carboxylic acids is 1. The molecule has 1 atom stereocenters. The number of hydrogen-bond acceptors (Lipinski definition) is 3. The van der Waals surface area contributed by atoms with Crippen LogP contribution in [0.5, 0.6) is 5.75 Å². The van der Waals surface area contributed by atoms with Gasteiger partial charge in [-0.25, -0.2) is 0 Å². The van der Waals surface area contributed by atoms with Crippen molar-refractivity contribution in [1.29, 1.82) is 0 Å². The highest BCUT2D eigenvalue weighted by molar-refractivity contribution is 5.87. The van der Waals surface area contributed by atoms with Crippen molar-refractivity contribution in [2.45, 2.75) is 18.9 Å². The molecule has 0 bridgehead atoms. The van der Waals surface area contributed by atoms with E-state index in [2.05, 4.69) is 16.3 Å². The van der Waals surface area contributed by atoms with Crippen molar-refractivity contribution in [3.8, 4) is 5.75 Å². The van der Waals surface area contributed by atoms with Gasteiger partial charge in [0.25, 0.3) is 0 Å². The lowest BCUT2D eigenvalue weighted by atomic mass is 9.94. The molecule has 1 unspecified atom stereocenters. The van der Waals surface area contributed by atoms with Gasteiger partial charge in [0, 0.05) is 24.8 Å². The Bertz CT molecular complexity index is 459. The van der Waals surface area contributed by atoms with Crippen LogP contribution in [0.25, 0.3) is 0 Å². The van der Waals surface area contributed by atoms with Gasteiger partial charge in [0.2, 0.25) is 5.91 Å². The summed E-state index contributed by atoms with van der Waals surface area (Å²) < 4.78 is 5.26. The Hall–Kier alpha value is -1.71. The summed E-state index contributed by atoms with van der Waals surface area (Å²) in [7, 11) is 1.67. The predicted molar refractivity (Wildman–Crippen MR) is 65.5 cm³/mol. The van der Waals surface area contributed by atoms with E-state index in [0.29, 0.717) is 0 Å². The van der Waals surface area contributed by atoms with Crippen LogP contribution in [0, 0.1) is 0 Å². The Labute approximate surface area is 101 Å². The van der Waals surface area contributed by atoms with E-state index in [1.807, 2.05) is 12.1 Å². The van der Waals surface area contributed by atoms with Gasteiger partial charge in [-0.15, -0.1) is 0 Å². The van der Waals surface area contributed by atoms with Gasteiger partial charge < -0.3 is 15.0 Å². The van der Waals surface area contributed by atoms with Crippen molar-refractivity contribution < 1.29 is 9.53 Å². The summed E-state index contributed by atoms with van der Waals surface area (Å²) >= 11 is 0. The molecular weight excluding hydrogens is 216 g/mol. The number of rotatable bonds is 1. The lowest BCUT2D eigenvalue weighted by Gasteiger charge is -2.41. The molecule has 2 aliphatic heterocycles. The molecule has 0 saturated carbocycles. The second kappa shape index (κ2) is 3.95. The summed E-state index contributed by atoms with van der Waals surface area (Å²) in [5, 5.41) is 2.93. The largest absolute Gasteiger partial charge is 0.497 e. The fourth-order valence-corrected chi connectivity index (χ4v) is 2.73. The highest BCUT2D eigenvalue weighted by Gasteiger charge is 2.34. The Morgan fingerprint density at radius 3 is 3.18 bits per heavy atom. The van der Waals surface area contributed by atoms with Crippen LogP contribution in [-0.4, -0.2) is 32.1 Å². The van der Waals surface area contributed by atoms with Gasteiger partial charge in [-0.2, -0.15) is 0 Å². The number of fused-ring (bicyclic) bond motifs is 3. The Kier molecular flexibility index (Phi) is 2.42. The topological polar surface area (TPSA) is 41.6 Å². The molecule has 1 saturated heterocycles. The normalized spacial score (nSPS) is 22.5. The highest BCUT2D eigenvalue weighted by atomic mass is 16.5.